The summed E-state index contributed by atoms with van der Waals surface area (Å²) >= 11 is 1.37. The molecule has 0 aliphatic rings. The largest absolute Gasteiger partial charge is 0.332 e. The highest BCUT2D eigenvalue weighted by molar-refractivity contribution is 7.22. The van der Waals surface area contributed by atoms with E-state index in [1.54, 1.807) is 0 Å². The number of aromatic nitrogens is 4. The first-order valence-corrected chi connectivity index (χ1v) is 8.93. The fraction of sp³-hybridized carbons (Fsp3) is 0.167. The predicted molar refractivity (Wildman–Crippen MR) is 105 cm³/mol. The molecule has 3 aromatic heterocycles. The number of para-hydroxylation sites is 1. The standard InChI is InChI=1S/C18H15N5O3S/c1-9-5-4-6-12-13(9)20-17(27-12)21-15(24)11-8-7-10-14(19-11)22(2)18(26)23(3)16(10)25/h4-8H,1-3H3,(H,20,21,24). The second-order valence-corrected chi connectivity index (χ2v) is 7.20. The number of hydrogen-bond acceptors (Lipinski definition) is 6. The Bertz CT molecular complexity index is 1350. The summed E-state index contributed by atoms with van der Waals surface area (Å²) in [6, 6.07) is 8.80. The molecular weight excluding hydrogens is 366 g/mol. The second kappa shape index (κ2) is 6.13. The number of anilines is 1. The van der Waals surface area contributed by atoms with Crippen molar-refractivity contribution in [2.24, 2.45) is 14.1 Å². The lowest BCUT2D eigenvalue weighted by atomic mass is 10.2. The number of hydrogen-bond donors (Lipinski definition) is 1. The highest BCUT2D eigenvalue weighted by Crippen LogP contribution is 2.28. The number of thiazole rings is 1. The third-order valence-electron chi connectivity index (χ3n) is 4.38. The van der Waals surface area contributed by atoms with Crippen LogP contribution in [-0.4, -0.2) is 25.0 Å². The van der Waals surface area contributed by atoms with E-state index in [9.17, 15) is 14.4 Å². The van der Waals surface area contributed by atoms with Crippen LogP contribution >= 0.6 is 11.3 Å². The van der Waals surface area contributed by atoms with E-state index in [-0.39, 0.29) is 16.7 Å². The smallest absolute Gasteiger partial charge is 0.296 e. The van der Waals surface area contributed by atoms with Crippen LogP contribution in [0, 0.1) is 6.92 Å². The fourth-order valence-electron chi connectivity index (χ4n) is 2.88. The van der Waals surface area contributed by atoms with Gasteiger partial charge in [0.25, 0.3) is 11.5 Å². The van der Waals surface area contributed by atoms with Crippen molar-refractivity contribution >= 4 is 43.6 Å². The Morgan fingerprint density at radius 1 is 1.07 bits per heavy atom. The van der Waals surface area contributed by atoms with Gasteiger partial charge >= 0.3 is 5.69 Å². The van der Waals surface area contributed by atoms with Crippen LogP contribution in [0.15, 0.2) is 39.9 Å². The van der Waals surface area contributed by atoms with Crippen LogP contribution in [0.2, 0.25) is 0 Å². The van der Waals surface area contributed by atoms with Gasteiger partial charge in [0.05, 0.1) is 15.6 Å². The van der Waals surface area contributed by atoms with Gasteiger partial charge in [-0.15, -0.1) is 0 Å². The molecule has 4 rings (SSSR count). The summed E-state index contributed by atoms with van der Waals surface area (Å²) in [6.07, 6.45) is 0. The van der Waals surface area contributed by atoms with Gasteiger partial charge in [0.1, 0.15) is 11.3 Å². The lowest BCUT2D eigenvalue weighted by Gasteiger charge is -2.08. The highest BCUT2D eigenvalue weighted by Gasteiger charge is 2.15. The summed E-state index contributed by atoms with van der Waals surface area (Å²) < 4.78 is 3.23. The number of benzene rings is 1. The van der Waals surface area contributed by atoms with E-state index in [2.05, 4.69) is 15.3 Å². The van der Waals surface area contributed by atoms with Crippen LogP contribution in [-0.2, 0) is 14.1 Å². The van der Waals surface area contributed by atoms with Gasteiger partial charge in [-0.3, -0.25) is 24.0 Å². The highest BCUT2D eigenvalue weighted by atomic mass is 32.1. The Hall–Kier alpha value is -3.33. The van der Waals surface area contributed by atoms with Crippen molar-refractivity contribution < 1.29 is 4.79 Å². The molecule has 1 N–H and O–H groups in total. The maximum absolute atomic E-state index is 12.6. The first kappa shape index (κ1) is 17.1. The summed E-state index contributed by atoms with van der Waals surface area (Å²) in [4.78, 5) is 45.5. The van der Waals surface area contributed by atoms with Gasteiger partial charge in [-0.05, 0) is 30.7 Å². The summed E-state index contributed by atoms with van der Waals surface area (Å²) in [7, 11) is 2.91. The Balaban J connectivity index is 1.75. The number of nitrogens with one attached hydrogen (secondary N) is 1. The van der Waals surface area contributed by atoms with E-state index in [1.807, 2.05) is 25.1 Å². The van der Waals surface area contributed by atoms with Gasteiger partial charge < -0.3 is 0 Å². The number of aryl methyl sites for hydroxylation is 2. The molecule has 0 aliphatic carbocycles. The number of carbonyl (C=O) groups excluding carboxylic acids is 1. The van der Waals surface area contributed by atoms with Gasteiger partial charge in [-0.25, -0.2) is 14.8 Å². The third-order valence-corrected chi connectivity index (χ3v) is 5.31. The molecule has 0 saturated carbocycles. The Kier molecular flexibility index (Phi) is 3.88. The van der Waals surface area contributed by atoms with Crippen molar-refractivity contribution in [3.63, 3.8) is 0 Å². The molecule has 1 amide bonds. The topological polar surface area (TPSA) is 98.9 Å². The first-order chi connectivity index (χ1) is 12.9. The molecule has 8 nitrogen and oxygen atoms in total. The fourth-order valence-corrected chi connectivity index (χ4v) is 3.82. The molecule has 1 aromatic carbocycles. The van der Waals surface area contributed by atoms with Crippen LogP contribution in [0.5, 0.6) is 0 Å². The molecule has 136 valence electrons. The monoisotopic (exact) mass is 381 g/mol. The molecule has 0 saturated heterocycles. The van der Waals surface area contributed by atoms with Gasteiger partial charge in [-0.1, -0.05) is 23.5 Å². The quantitative estimate of drug-likeness (QED) is 0.571. The molecule has 4 aromatic rings. The molecule has 27 heavy (non-hydrogen) atoms. The van der Waals surface area contributed by atoms with E-state index in [0.29, 0.717) is 5.13 Å². The summed E-state index contributed by atoms with van der Waals surface area (Å²) in [5.41, 5.74) is 1.18. The zero-order chi connectivity index (χ0) is 19.3. The Morgan fingerprint density at radius 2 is 1.85 bits per heavy atom. The first-order valence-electron chi connectivity index (χ1n) is 8.11. The van der Waals surface area contributed by atoms with Crippen LogP contribution in [0.25, 0.3) is 21.3 Å². The van der Waals surface area contributed by atoms with E-state index < -0.39 is 17.2 Å². The molecule has 0 atom stereocenters. The zero-order valence-electron chi connectivity index (χ0n) is 14.8. The second-order valence-electron chi connectivity index (χ2n) is 6.17. The van der Waals surface area contributed by atoms with Crippen molar-refractivity contribution in [1.82, 2.24) is 19.1 Å². The van der Waals surface area contributed by atoms with Crippen molar-refractivity contribution in [3.05, 3.63) is 62.4 Å². The minimum absolute atomic E-state index is 0.0988. The van der Waals surface area contributed by atoms with Crippen molar-refractivity contribution in [3.8, 4) is 0 Å². The molecule has 0 unspecified atom stereocenters. The van der Waals surface area contributed by atoms with Crippen molar-refractivity contribution in [2.45, 2.75) is 6.92 Å². The molecule has 0 fully saturated rings. The van der Waals surface area contributed by atoms with E-state index in [1.165, 1.54) is 42.1 Å². The average molecular weight is 381 g/mol. The number of carbonyl (C=O) groups is 1. The molecule has 3 heterocycles. The van der Waals surface area contributed by atoms with E-state index in [4.69, 9.17) is 0 Å². The maximum Gasteiger partial charge on any atom is 0.332 e. The van der Waals surface area contributed by atoms with Gasteiger partial charge in [-0.2, -0.15) is 0 Å². The molecule has 0 bridgehead atoms. The normalized spacial score (nSPS) is 11.2. The number of fused-ring (bicyclic) bond motifs is 2. The summed E-state index contributed by atoms with van der Waals surface area (Å²) in [6.45, 7) is 1.96. The van der Waals surface area contributed by atoms with Gasteiger partial charge in [0.15, 0.2) is 5.13 Å². The van der Waals surface area contributed by atoms with Crippen LogP contribution in [0.3, 0.4) is 0 Å². The average Bonchev–Trinajstić information content (AvgIpc) is 3.08. The molecule has 0 spiro atoms. The van der Waals surface area contributed by atoms with Crippen molar-refractivity contribution in [1.29, 1.82) is 0 Å². The SMILES string of the molecule is Cc1cccc2sc(NC(=O)c3ccc4c(=O)n(C)c(=O)n(C)c4n3)nc12. The minimum Gasteiger partial charge on any atom is -0.296 e. The lowest BCUT2D eigenvalue weighted by Crippen LogP contribution is -2.37. The summed E-state index contributed by atoms with van der Waals surface area (Å²) in [5, 5.41) is 3.47. The van der Waals surface area contributed by atoms with E-state index >= 15 is 0 Å². The molecule has 0 aliphatic heterocycles. The molecule has 0 radical (unpaired) electrons. The Morgan fingerprint density at radius 3 is 2.59 bits per heavy atom. The van der Waals surface area contributed by atoms with Crippen LogP contribution < -0.4 is 16.6 Å². The zero-order valence-corrected chi connectivity index (χ0v) is 15.6. The third kappa shape index (κ3) is 2.72. The number of rotatable bonds is 2. The van der Waals surface area contributed by atoms with Crippen LogP contribution in [0.4, 0.5) is 5.13 Å². The number of amides is 1. The van der Waals surface area contributed by atoms with Crippen molar-refractivity contribution in [2.75, 3.05) is 5.32 Å². The number of nitrogens with zero attached hydrogens (tertiary/aromatic N) is 4. The van der Waals surface area contributed by atoms with Crippen LogP contribution in [0.1, 0.15) is 16.1 Å². The molecular formula is C18H15N5O3S. The molecule has 9 heteroatoms. The summed E-state index contributed by atoms with van der Waals surface area (Å²) in [5.74, 6) is -0.457. The van der Waals surface area contributed by atoms with Gasteiger partial charge in [0.2, 0.25) is 0 Å². The predicted octanol–water partition coefficient (Wildman–Crippen LogP) is 1.80. The minimum atomic E-state index is -0.501. The lowest BCUT2D eigenvalue weighted by molar-refractivity contribution is 0.102. The Labute approximate surface area is 156 Å². The number of pyridine rings is 1. The van der Waals surface area contributed by atoms with E-state index in [0.717, 1.165) is 20.3 Å². The van der Waals surface area contributed by atoms with Gasteiger partial charge in [0, 0.05) is 14.1 Å². The maximum atomic E-state index is 12.6.